The van der Waals surface area contributed by atoms with Crippen LogP contribution in [-0.4, -0.2) is 42.3 Å². The Morgan fingerprint density at radius 1 is 1.14 bits per heavy atom. The minimum atomic E-state index is -3.15. The number of hydrogen-bond acceptors (Lipinski definition) is 4. The summed E-state index contributed by atoms with van der Waals surface area (Å²) in [5.41, 5.74) is 1.64. The molecule has 29 heavy (non-hydrogen) atoms. The molecule has 2 fully saturated rings. The average Bonchev–Trinajstić information content (AvgIpc) is 3.14. The van der Waals surface area contributed by atoms with E-state index in [1.807, 2.05) is 30.3 Å². The maximum absolute atomic E-state index is 12.5. The van der Waals surface area contributed by atoms with Gasteiger partial charge < -0.3 is 4.90 Å². The first-order chi connectivity index (χ1) is 13.8. The van der Waals surface area contributed by atoms with Gasteiger partial charge >= 0.3 is 0 Å². The van der Waals surface area contributed by atoms with Crippen molar-refractivity contribution in [1.82, 2.24) is 0 Å². The lowest BCUT2D eigenvalue weighted by atomic mass is 10.1. The Bertz CT molecular complexity index is 1070. The molecule has 0 bridgehead atoms. The van der Waals surface area contributed by atoms with Gasteiger partial charge in [0, 0.05) is 16.7 Å². The van der Waals surface area contributed by atoms with E-state index < -0.39 is 9.84 Å². The summed E-state index contributed by atoms with van der Waals surface area (Å²) in [6.07, 6.45) is 0.874. The van der Waals surface area contributed by atoms with Gasteiger partial charge in [0.15, 0.2) is 15.0 Å². The second kappa shape index (κ2) is 8.30. The fourth-order valence-electron chi connectivity index (χ4n) is 3.58. The molecule has 152 valence electrons. The van der Waals surface area contributed by atoms with Crippen LogP contribution >= 0.6 is 35.0 Å². The number of aliphatic imine (C=N–C) groups is 1. The maximum Gasteiger partial charge on any atom is 0.248 e. The maximum atomic E-state index is 12.5. The van der Waals surface area contributed by atoms with Crippen LogP contribution in [0, 0.1) is 0 Å². The molecule has 0 aromatic heterocycles. The molecule has 9 heteroatoms. The van der Waals surface area contributed by atoms with E-state index in [1.165, 1.54) is 11.8 Å². The summed E-state index contributed by atoms with van der Waals surface area (Å²) < 4.78 is 24.3. The molecule has 1 amide bonds. The van der Waals surface area contributed by atoms with Gasteiger partial charge in [0.25, 0.3) is 0 Å². The number of rotatable bonds is 4. The van der Waals surface area contributed by atoms with Crippen molar-refractivity contribution >= 4 is 61.6 Å². The Labute approximate surface area is 184 Å². The van der Waals surface area contributed by atoms with Crippen molar-refractivity contribution in [2.45, 2.75) is 24.1 Å². The summed E-state index contributed by atoms with van der Waals surface area (Å²) in [5, 5.41) is 1.21. The van der Waals surface area contributed by atoms with Gasteiger partial charge in [-0.2, -0.15) is 4.99 Å². The second-order valence-electron chi connectivity index (χ2n) is 7.04. The molecular weight excluding hydrogens is 451 g/mol. The van der Waals surface area contributed by atoms with Gasteiger partial charge in [-0.05, 0) is 30.2 Å². The fraction of sp³-hybridized carbons (Fsp3) is 0.300. The number of carbonyl (C=O) groups is 1. The predicted octanol–water partition coefficient (Wildman–Crippen LogP) is 4.23. The quantitative estimate of drug-likeness (QED) is 0.671. The van der Waals surface area contributed by atoms with E-state index in [9.17, 15) is 13.2 Å². The van der Waals surface area contributed by atoms with Crippen LogP contribution in [-0.2, 0) is 21.1 Å². The lowest BCUT2D eigenvalue weighted by Crippen LogP contribution is -2.38. The van der Waals surface area contributed by atoms with Crippen LogP contribution < -0.4 is 4.90 Å². The van der Waals surface area contributed by atoms with E-state index in [1.54, 1.807) is 23.1 Å². The molecule has 0 radical (unpaired) electrons. The van der Waals surface area contributed by atoms with Crippen LogP contribution in [0.5, 0.6) is 0 Å². The van der Waals surface area contributed by atoms with Gasteiger partial charge in [0.2, 0.25) is 5.91 Å². The van der Waals surface area contributed by atoms with Crippen LogP contribution in [0.25, 0.3) is 0 Å². The molecule has 2 saturated heterocycles. The zero-order chi connectivity index (χ0) is 20.6. The van der Waals surface area contributed by atoms with Crippen molar-refractivity contribution in [3.63, 3.8) is 0 Å². The number of thioether (sulfide) groups is 1. The van der Waals surface area contributed by atoms with Crippen molar-refractivity contribution in [3.05, 3.63) is 64.1 Å². The first-order valence-corrected chi connectivity index (χ1v) is 12.5. The van der Waals surface area contributed by atoms with Gasteiger partial charge in [-0.15, -0.1) is 0 Å². The Morgan fingerprint density at radius 3 is 2.66 bits per heavy atom. The van der Waals surface area contributed by atoms with Crippen LogP contribution in [0.2, 0.25) is 10.0 Å². The van der Waals surface area contributed by atoms with Gasteiger partial charge in [-0.25, -0.2) is 8.42 Å². The number of sulfone groups is 1. The van der Waals surface area contributed by atoms with Crippen LogP contribution in [0.4, 0.5) is 5.69 Å². The molecule has 2 aromatic carbocycles. The lowest BCUT2D eigenvalue weighted by Gasteiger charge is -2.25. The molecule has 2 aromatic rings. The molecule has 5 nitrogen and oxygen atoms in total. The third-order valence-electron chi connectivity index (χ3n) is 4.92. The number of aryl methyl sites for hydroxylation is 1. The van der Waals surface area contributed by atoms with E-state index >= 15 is 0 Å². The number of amides is 1. The SMILES string of the molecule is O=C(CCc1ccccc1)N=C1S[C@H]2CS(=O)(=O)C[C@@H]2N1c1cc(Cl)ccc1Cl. The van der Waals surface area contributed by atoms with Crippen molar-refractivity contribution in [2.75, 3.05) is 16.4 Å². The van der Waals surface area contributed by atoms with Crippen molar-refractivity contribution in [3.8, 4) is 0 Å². The molecular formula is C20H18Cl2N2O3S2. The molecule has 0 unspecified atom stereocenters. The zero-order valence-electron chi connectivity index (χ0n) is 15.3. The van der Waals surface area contributed by atoms with E-state index in [4.69, 9.17) is 23.2 Å². The highest BCUT2D eigenvalue weighted by molar-refractivity contribution is 8.16. The highest BCUT2D eigenvalue weighted by Gasteiger charge is 2.49. The third kappa shape index (κ3) is 4.63. The fourth-order valence-corrected chi connectivity index (χ4v) is 7.87. The number of anilines is 1. The van der Waals surface area contributed by atoms with Crippen molar-refractivity contribution in [2.24, 2.45) is 4.99 Å². The summed E-state index contributed by atoms with van der Waals surface area (Å²) in [4.78, 5) is 18.6. The van der Waals surface area contributed by atoms with Crippen LogP contribution in [0.1, 0.15) is 12.0 Å². The number of amidine groups is 1. The lowest BCUT2D eigenvalue weighted by molar-refractivity contribution is -0.117. The van der Waals surface area contributed by atoms with E-state index in [-0.39, 0.29) is 35.1 Å². The largest absolute Gasteiger partial charge is 0.314 e. The summed E-state index contributed by atoms with van der Waals surface area (Å²) in [7, 11) is -3.15. The number of nitrogens with zero attached hydrogens (tertiary/aromatic N) is 2. The molecule has 2 atom stereocenters. The predicted molar refractivity (Wildman–Crippen MR) is 120 cm³/mol. The highest BCUT2D eigenvalue weighted by atomic mass is 35.5. The number of carbonyl (C=O) groups excluding carboxylic acids is 1. The zero-order valence-corrected chi connectivity index (χ0v) is 18.4. The number of halogens is 2. The topological polar surface area (TPSA) is 66.8 Å². The number of benzene rings is 2. The van der Waals surface area contributed by atoms with Crippen LogP contribution in [0.3, 0.4) is 0 Å². The monoisotopic (exact) mass is 468 g/mol. The minimum Gasteiger partial charge on any atom is -0.314 e. The molecule has 2 heterocycles. The number of hydrogen-bond donors (Lipinski definition) is 0. The Kier molecular flexibility index (Phi) is 5.93. The highest BCUT2D eigenvalue weighted by Crippen LogP contribution is 2.43. The molecule has 0 N–H and O–H groups in total. The molecule has 0 spiro atoms. The first-order valence-electron chi connectivity index (χ1n) is 9.09. The molecule has 0 saturated carbocycles. The smallest absolute Gasteiger partial charge is 0.248 e. The minimum absolute atomic E-state index is 0.00470. The summed E-state index contributed by atoms with van der Waals surface area (Å²) >= 11 is 13.9. The van der Waals surface area contributed by atoms with Gasteiger partial charge in [-0.3, -0.25) is 4.79 Å². The van der Waals surface area contributed by atoms with E-state index in [0.717, 1.165) is 5.56 Å². The number of fused-ring (bicyclic) bond motifs is 1. The standard InChI is InChI=1S/C20H18Cl2N2O3S2/c21-14-7-8-15(22)16(10-14)24-17-11-29(26,27)12-18(17)28-20(24)23-19(25)9-6-13-4-2-1-3-5-13/h1-5,7-8,10,17-18H,6,9,11-12H2/t17-,18-/m0/s1. The van der Waals surface area contributed by atoms with E-state index in [2.05, 4.69) is 4.99 Å². The van der Waals surface area contributed by atoms with E-state index in [0.29, 0.717) is 27.3 Å². The average molecular weight is 469 g/mol. The van der Waals surface area contributed by atoms with Crippen molar-refractivity contribution in [1.29, 1.82) is 0 Å². The van der Waals surface area contributed by atoms with Gasteiger partial charge in [0.1, 0.15) is 0 Å². The Hall–Kier alpha value is -1.54. The van der Waals surface area contributed by atoms with Gasteiger partial charge in [0.05, 0.1) is 28.3 Å². The van der Waals surface area contributed by atoms with Gasteiger partial charge in [-0.1, -0.05) is 65.3 Å². The second-order valence-corrected chi connectivity index (χ2v) is 11.2. The summed E-state index contributed by atoms with van der Waals surface area (Å²) in [6.45, 7) is 0. The van der Waals surface area contributed by atoms with Crippen molar-refractivity contribution < 1.29 is 13.2 Å². The summed E-state index contributed by atoms with van der Waals surface area (Å²) in [6, 6.07) is 14.4. The van der Waals surface area contributed by atoms with Crippen LogP contribution in [0.15, 0.2) is 53.5 Å². The Morgan fingerprint density at radius 2 is 1.90 bits per heavy atom. The molecule has 4 rings (SSSR count). The first kappa shape index (κ1) is 20.7. The normalized spacial score (nSPS) is 24.1. The molecule has 2 aliphatic heterocycles. The Balaban J connectivity index is 1.61. The molecule has 0 aliphatic carbocycles. The third-order valence-corrected chi connectivity index (χ3v) is 8.69. The summed E-state index contributed by atoms with van der Waals surface area (Å²) in [5.74, 6) is -0.179. The molecule has 2 aliphatic rings.